The fraction of sp³-hybridized carbons (Fsp3) is 0.0455. The lowest BCUT2D eigenvalue weighted by molar-refractivity contribution is -0.384. The van der Waals surface area contributed by atoms with Gasteiger partial charge in [-0.3, -0.25) is 14.9 Å². The number of nitrogens with one attached hydrogen (secondary N) is 1. The molecule has 0 saturated heterocycles. The van der Waals surface area contributed by atoms with E-state index < -0.39 is 10.8 Å². The van der Waals surface area contributed by atoms with Gasteiger partial charge in [0, 0.05) is 12.1 Å². The standard InChI is InChI=1S/C22H15ClN2O5/c23-19-9-6-16(25(27)28)12-20(19)24-22(26)21-10-8-18(30-21)13-29-17-7-5-14-3-1-2-4-15(14)11-17/h1-12H,13H2,(H,24,26). The summed E-state index contributed by atoms with van der Waals surface area (Å²) in [5.41, 5.74) is -0.0557. The number of ether oxygens (including phenoxy) is 1. The Morgan fingerprint density at radius 2 is 1.83 bits per heavy atom. The first-order valence-corrected chi connectivity index (χ1v) is 9.33. The molecule has 4 aromatic rings. The van der Waals surface area contributed by atoms with Crippen molar-refractivity contribution in [3.63, 3.8) is 0 Å². The second kappa shape index (κ2) is 8.26. The van der Waals surface area contributed by atoms with Crippen LogP contribution in [-0.2, 0) is 6.61 Å². The van der Waals surface area contributed by atoms with Gasteiger partial charge in [0.05, 0.1) is 15.6 Å². The summed E-state index contributed by atoms with van der Waals surface area (Å²) in [7, 11) is 0. The molecule has 0 saturated carbocycles. The zero-order valence-electron chi connectivity index (χ0n) is 15.5. The first kappa shape index (κ1) is 19.5. The smallest absolute Gasteiger partial charge is 0.291 e. The number of nitrogens with zero attached hydrogens (tertiary/aromatic N) is 1. The van der Waals surface area contributed by atoms with Gasteiger partial charge in [0.1, 0.15) is 18.1 Å². The van der Waals surface area contributed by atoms with Crippen LogP contribution in [-0.4, -0.2) is 10.8 Å². The number of hydrogen-bond acceptors (Lipinski definition) is 5. The Morgan fingerprint density at radius 1 is 1.03 bits per heavy atom. The zero-order valence-corrected chi connectivity index (χ0v) is 16.3. The van der Waals surface area contributed by atoms with E-state index in [4.69, 9.17) is 20.8 Å². The number of fused-ring (bicyclic) bond motifs is 1. The van der Waals surface area contributed by atoms with Crippen LogP contribution in [0.2, 0.25) is 5.02 Å². The van der Waals surface area contributed by atoms with Gasteiger partial charge in [-0.15, -0.1) is 0 Å². The number of anilines is 1. The van der Waals surface area contributed by atoms with E-state index in [1.165, 1.54) is 24.3 Å². The normalized spacial score (nSPS) is 10.7. The highest BCUT2D eigenvalue weighted by Gasteiger charge is 2.16. The molecule has 7 nitrogen and oxygen atoms in total. The number of nitro groups is 1. The summed E-state index contributed by atoms with van der Waals surface area (Å²) in [6.07, 6.45) is 0. The molecule has 0 atom stereocenters. The number of amides is 1. The topological polar surface area (TPSA) is 94.6 Å². The molecule has 0 aliphatic heterocycles. The Kier molecular flexibility index (Phi) is 5.36. The molecule has 0 aliphatic carbocycles. The van der Waals surface area contributed by atoms with Gasteiger partial charge in [0.2, 0.25) is 0 Å². The van der Waals surface area contributed by atoms with Gasteiger partial charge in [0.15, 0.2) is 5.76 Å². The van der Waals surface area contributed by atoms with E-state index in [9.17, 15) is 14.9 Å². The molecule has 3 aromatic carbocycles. The number of benzene rings is 3. The predicted molar refractivity (Wildman–Crippen MR) is 113 cm³/mol. The Morgan fingerprint density at radius 3 is 2.63 bits per heavy atom. The molecular formula is C22H15ClN2O5. The Labute approximate surface area is 176 Å². The van der Waals surface area contributed by atoms with Crippen molar-refractivity contribution in [1.82, 2.24) is 0 Å². The fourth-order valence-corrected chi connectivity index (χ4v) is 3.06. The Hall–Kier alpha value is -3.84. The molecular weight excluding hydrogens is 408 g/mol. The molecule has 0 spiro atoms. The molecule has 4 rings (SSSR count). The van der Waals surface area contributed by atoms with Crippen LogP contribution in [0, 0.1) is 10.1 Å². The van der Waals surface area contributed by atoms with Crippen LogP contribution in [0.5, 0.6) is 5.75 Å². The van der Waals surface area contributed by atoms with Gasteiger partial charge in [-0.25, -0.2) is 0 Å². The monoisotopic (exact) mass is 422 g/mol. The number of rotatable bonds is 6. The minimum absolute atomic E-state index is 0.0367. The first-order valence-electron chi connectivity index (χ1n) is 8.95. The molecule has 1 heterocycles. The largest absolute Gasteiger partial charge is 0.486 e. The summed E-state index contributed by atoms with van der Waals surface area (Å²) in [4.78, 5) is 22.7. The lowest BCUT2D eigenvalue weighted by Crippen LogP contribution is -2.11. The number of carbonyl (C=O) groups excluding carboxylic acids is 1. The third-order valence-electron chi connectivity index (χ3n) is 4.40. The number of non-ortho nitro benzene ring substituents is 1. The lowest BCUT2D eigenvalue weighted by atomic mass is 10.1. The van der Waals surface area contributed by atoms with Crippen LogP contribution in [0.15, 0.2) is 77.2 Å². The zero-order chi connectivity index (χ0) is 21.1. The van der Waals surface area contributed by atoms with Crippen molar-refractivity contribution < 1.29 is 18.9 Å². The highest BCUT2D eigenvalue weighted by Crippen LogP contribution is 2.27. The van der Waals surface area contributed by atoms with E-state index in [0.717, 1.165) is 10.8 Å². The van der Waals surface area contributed by atoms with Crippen LogP contribution in [0.1, 0.15) is 16.3 Å². The summed E-state index contributed by atoms with van der Waals surface area (Å²) in [6.45, 7) is 0.142. The maximum Gasteiger partial charge on any atom is 0.291 e. The molecule has 0 bridgehead atoms. The molecule has 0 fully saturated rings. The fourth-order valence-electron chi connectivity index (χ4n) is 2.90. The quantitative estimate of drug-likeness (QED) is 0.312. The molecule has 30 heavy (non-hydrogen) atoms. The highest BCUT2D eigenvalue weighted by atomic mass is 35.5. The SMILES string of the molecule is O=C(Nc1cc([N+](=O)[O-])ccc1Cl)c1ccc(COc2ccc3ccccc3c2)o1. The van der Waals surface area contributed by atoms with E-state index in [-0.39, 0.29) is 28.8 Å². The van der Waals surface area contributed by atoms with Crippen molar-refractivity contribution in [2.24, 2.45) is 0 Å². The molecule has 1 amide bonds. The maximum absolute atomic E-state index is 12.4. The van der Waals surface area contributed by atoms with Gasteiger partial charge in [-0.2, -0.15) is 0 Å². The van der Waals surface area contributed by atoms with Crippen LogP contribution < -0.4 is 10.1 Å². The van der Waals surface area contributed by atoms with Crippen molar-refractivity contribution >= 4 is 39.7 Å². The van der Waals surface area contributed by atoms with Gasteiger partial charge in [-0.05, 0) is 41.1 Å². The van der Waals surface area contributed by atoms with Crippen molar-refractivity contribution in [3.8, 4) is 5.75 Å². The number of nitro benzene ring substituents is 1. The summed E-state index contributed by atoms with van der Waals surface area (Å²) in [6, 6.07) is 20.6. The van der Waals surface area contributed by atoms with Crippen molar-refractivity contribution in [1.29, 1.82) is 0 Å². The van der Waals surface area contributed by atoms with Crippen molar-refractivity contribution in [3.05, 3.63) is 99.5 Å². The van der Waals surface area contributed by atoms with Crippen LogP contribution in [0.4, 0.5) is 11.4 Å². The first-order chi connectivity index (χ1) is 14.5. The van der Waals surface area contributed by atoms with Gasteiger partial charge in [-0.1, -0.05) is 41.9 Å². The molecule has 0 aliphatic rings. The van der Waals surface area contributed by atoms with Crippen molar-refractivity contribution in [2.75, 3.05) is 5.32 Å². The Balaban J connectivity index is 1.42. The molecule has 8 heteroatoms. The number of hydrogen-bond donors (Lipinski definition) is 1. The van der Waals surface area contributed by atoms with E-state index in [2.05, 4.69) is 5.32 Å². The van der Waals surface area contributed by atoms with Crippen LogP contribution in [0.3, 0.4) is 0 Å². The second-order valence-corrected chi connectivity index (χ2v) is 6.85. The summed E-state index contributed by atoms with van der Waals surface area (Å²) in [5.74, 6) is 0.599. The minimum atomic E-state index is -0.575. The molecule has 1 aromatic heterocycles. The average molecular weight is 423 g/mol. The van der Waals surface area contributed by atoms with E-state index >= 15 is 0 Å². The minimum Gasteiger partial charge on any atom is -0.486 e. The highest BCUT2D eigenvalue weighted by molar-refractivity contribution is 6.34. The maximum atomic E-state index is 12.4. The summed E-state index contributed by atoms with van der Waals surface area (Å²) >= 11 is 6.01. The van der Waals surface area contributed by atoms with Crippen molar-refractivity contribution in [2.45, 2.75) is 6.61 Å². The van der Waals surface area contributed by atoms with Gasteiger partial charge in [0.25, 0.3) is 11.6 Å². The molecule has 1 N–H and O–H groups in total. The number of halogens is 1. The van der Waals surface area contributed by atoms with Gasteiger partial charge >= 0.3 is 0 Å². The van der Waals surface area contributed by atoms with Crippen LogP contribution >= 0.6 is 11.6 Å². The predicted octanol–water partition coefficient (Wildman–Crippen LogP) is 5.83. The number of furan rings is 1. The Bertz CT molecular complexity index is 1250. The molecule has 150 valence electrons. The average Bonchev–Trinajstić information content (AvgIpc) is 3.23. The third kappa shape index (κ3) is 4.26. The van der Waals surface area contributed by atoms with Gasteiger partial charge < -0.3 is 14.5 Å². The van der Waals surface area contributed by atoms with E-state index in [1.54, 1.807) is 6.07 Å². The number of carbonyl (C=O) groups is 1. The molecule has 0 unspecified atom stereocenters. The van der Waals surface area contributed by atoms with E-state index in [0.29, 0.717) is 11.5 Å². The summed E-state index contributed by atoms with van der Waals surface area (Å²) < 4.78 is 11.3. The second-order valence-electron chi connectivity index (χ2n) is 6.44. The summed E-state index contributed by atoms with van der Waals surface area (Å²) in [5, 5.41) is 15.8. The molecule has 0 radical (unpaired) electrons. The third-order valence-corrected chi connectivity index (χ3v) is 4.73. The van der Waals surface area contributed by atoms with E-state index in [1.807, 2.05) is 42.5 Å². The van der Waals surface area contributed by atoms with Crippen LogP contribution in [0.25, 0.3) is 10.8 Å². The lowest BCUT2D eigenvalue weighted by Gasteiger charge is -2.06.